The van der Waals surface area contributed by atoms with Crippen LogP contribution in [0.4, 0.5) is 5.82 Å². The van der Waals surface area contributed by atoms with E-state index in [1.54, 1.807) is 6.20 Å². The van der Waals surface area contributed by atoms with Crippen LogP contribution in [0.2, 0.25) is 0 Å². The number of amides is 1. The Morgan fingerprint density at radius 3 is 3.07 bits per heavy atom. The summed E-state index contributed by atoms with van der Waals surface area (Å²) in [7, 11) is 0. The number of nitrogens with two attached hydrogens (primary N) is 1. The van der Waals surface area contributed by atoms with Gasteiger partial charge in [0.1, 0.15) is 5.01 Å². The molecule has 2 heterocycles. The average Bonchev–Trinajstić information content (AvgIpc) is 2.84. The standard InChI is InChI=1S/C7H8N6OS/c8-6-5(11-13-12-6)7(14)10-3-4-9-1-2-15-4/h1-2H,3H2,(H,10,14)(H3,8,11,12,13). The number of nitrogen functional groups attached to an aromatic ring is 1. The lowest BCUT2D eigenvalue weighted by Gasteiger charge is -1.99. The van der Waals surface area contributed by atoms with Crippen LogP contribution < -0.4 is 11.1 Å². The van der Waals surface area contributed by atoms with E-state index in [0.717, 1.165) is 5.01 Å². The monoisotopic (exact) mass is 224 g/mol. The van der Waals surface area contributed by atoms with Crippen molar-refractivity contribution in [1.82, 2.24) is 25.7 Å². The van der Waals surface area contributed by atoms with Crippen molar-refractivity contribution in [3.8, 4) is 0 Å². The smallest absolute Gasteiger partial charge is 0.276 e. The summed E-state index contributed by atoms with van der Waals surface area (Å²) in [6, 6.07) is 0. The molecule has 0 radical (unpaired) electrons. The fourth-order valence-corrected chi connectivity index (χ4v) is 1.54. The number of thiazole rings is 1. The second-order valence-corrected chi connectivity index (χ2v) is 3.65. The van der Waals surface area contributed by atoms with Crippen LogP contribution in [-0.2, 0) is 6.54 Å². The molecule has 0 saturated heterocycles. The summed E-state index contributed by atoms with van der Waals surface area (Å²) in [5.41, 5.74) is 5.52. The molecule has 78 valence electrons. The van der Waals surface area contributed by atoms with Gasteiger partial charge in [-0.1, -0.05) is 0 Å². The number of carbonyl (C=O) groups excluding carboxylic acids is 1. The highest BCUT2D eigenvalue weighted by molar-refractivity contribution is 7.09. The molecular formula is C7H8N6OS. The molecule has 1 amide bonds. The normalized spacial score (nSPS) is 10.1. The van der Waals surface area contributed by atoms with Crippen LogP contribution in [0.5, 0.6) is 0 Å². The lowest BCUT2D eigenvalue weighted by molar-refractivity contribution is 0.0946. The largest absolute Gasteiger partial charge is 0.380 e. The van der Waals surface area contributed by atoms with Gasteiger partial charge in [0.2, 0.25) is 0 Å². The van der Waals surface area contributed by atoms with Gasteiger partial charge in [0.05, 0.1) is 6.54 Å². The zero-order valence-corrected chi connectivity index (χ0v) is 8.41. The molecule has 0 fully saturated rings. The Morgan fingerprint density at radius 2 is 2.47 bits per heavy atom. The first kappa shape index (κ1) is 9.59. The van der Waals surface area contributed by atoms with E-state index < -0.39 is 0 Å². The van der Waals surface area contributed by atoms with E-state index in [9.17, 15) is 4.79 Å². The van der Waals surface area contributed by atoms with Crippen LogP contribution in [0.15, 0.2) is 11.6 Å². The molecule has 2 aromatic heterocycles. The minimum Gasteiger partial charge on any atom is -0.380 e. The van der Waals surface area contributed by atoms with E-state index in [1.165, 1.54) is 11.3 Å². The number of rotatable bonds is 3. The van der Waals surface area contributed by atoms with Crippen LogP contribution in [0.25, 0.3) is 0 Å². The Hall–Kier alpha value is -1.96. The van der Waals surface area contributed by atoms with Gasteiger partial charge in [0.25, 0.3) is 5.91 Å². The van der Waals surface area contributed by atoms with E-state index in [0.29, 0.717) is 6.54 Å². The lowest BCUT2D eigenvalue weighted by Crippen LogP contribution is -2.24. The molecular weight excluding hydrogens is 216 g/mol. The van der Waals surface area contributed by atoms with Gasteiger partial charge in [-0.15, -0.1) is 21.5 Å². The van der Waals surface area contributed by atoms with E-state index >= 15 is 0 Å². The Balaban J connectivity index is 1.96. The molecule has 0 saturated carbocycles. The van der Waals surface area contributed by atoms with Crippen molar-refractivity contribution in [2.75, 3.05) is 5.73 Å². The first-order valence-corrected chi connectivity index (χ1v) is 4.98. The van der Waals surface area contributed by atoms with Crippen LogP contribution in [-0.4, -0.2) is 26.3 Å². The van der Waals surface area contributed by atoms with Gasteiger partial charge in [-0.05, 0) is 0 Å². The Morgan fingerprint density at radius 1 is 1.60 bits per heavy atom. The number of aromatic nitrogens is 4. The molecule has 4 N–H and O–H groups in total. The van der Waals surface area contributed by atoms with Gasteiger partial charge in [0, 0.05) is 11.6 Å². The van der Waals surface area contributed by atoms with Crippen LogP contribution in [0.1, 0.15) is 15.5 Å². The topological polar surface area (TPSA) is 110 Å². The minimum atomic E-state index is -0.364. The van der Waals surface area contributed by atoms with Crippen molar-refractivity contribution in [1.29, 1.82) is 0 Å². The highest BCUT2D eigenvalue weighted by Gasteiger charge is 2.13. The molecule has 7 nitrogen and oxygen atoms in total. The molecule has 0 aliphatic heterocycles. The van der Waals surface area contributed by atoms with Gasteiger partial charge >= 0.3 is 0 Å². The SMILES string of the molecule is Nc1n[nH]nc1C(=O)NCc1nccs1. The van der Waals surface area contributed by atoms with Crippen molar-refractivity contribution in [2.45, 2.75) is 6.54 Å². The third-order valence-electron chi connectivity index (χ3n) is 1.67. The van der Waals surface area contributed by atoms with Crippen molar-refractivity contribution in [3.63, 3.8) is 0 Å². The second kappa shape index (κ2) is 4.05. The number of nitrogens with zero attached hydrogens (tertiary/aromatic N) is 3. The third kappa shape index (κ3) is 2.10. The number of H-pyrrole nitrogens is 1. The Kier molecular flexibility index (Phi) is 2.59. The van der Waals surface area contributed by atoms with Crippen molar-refractivity contribution < 1.29 is 4.79 Å². The predicted molar refractivity (Wildman–Crippen MR) is 54.1 cm³/mol. The van der Waals surface area contributed by atoms with Crippen LogP contribution in [0.3, 0.4) is 0 Å². The zero-order valence-electron chi connectivity index (χ0n) is 7.60. The molecule has 0 aliphatic carbocycles. The first-order chi connectivity index (χ1) is 7.27. The van der Waals surface area contributed by atoms with Crippen LogP contribution in [0, 0.1) is 0 Å². The Bertz CT molecular complexity index is 450. The first-order valence-electron chi connectivity index (χ1n) is 4.10. The molecule has 0 bridgehead atoms. The van der Waals surface area contributed by atoms with Gasteiger partial charge in [-0.2, -0.15) is 5.21 Å². The number of nitrogens with one attached hydrogen (secondary N) is 2. The summed E-state index contributed by atoms with van der Waals surface area (Å²) in [5.74, 6) is -0.275. The summed E-state index contributed by atoms with van der Waals surface area (Å²) in [4.78, 5) is 15.5. The maximum Gasteiger partial charge on any atom is 0.276 e. The number of aromatic amines is 1. The van der Waals surface area contributed by atoms with E-state index in [2.05, 4.69) is 25.7 Å². The predicted octanol–water partition coefficient (Wildman–Crippen LogP) is -0.227. The minimum absolute atomic E-state index is 0.0895. The molecule has 0 aliphatic rings. The molecule has 2 rings (SSSR count). The molecule has 2 aromatic rings. The third-order valence-corrected chi connectivity index (χ3v) is 2.45. The van der Waals surface area contributed by atoms with Crippen molar-refractivity contribution in [3.05, 3.63) is 22.3 Å². The fourth-order valence-electron chi connectivity index (χ4n) is 0.986. The van der Waals surface area contributed by atoms with Gasteiger partial charge in [-0.25, -0.2) is 4.98 Å². The van der Waals surface area contributed by atoms with E-state index in [4.69, 9.17) is 5.73 Å². The average molecular weight is 224 g/mol. The lowest BCUT2D eigenvalue weighted by atomic mass is 10.4. The van der Waals surface area contributed by atoms with Gasteiger partial charge in [0.15, 0.2) is 11.5 Å². The zero-order chi connectivity index (χ0) is 10.7. The molecule has 15 heavy (non-hydrogen) atoms. The molecule has 8 heteroatoms. The summed E-state index contributed by atoms with van der Waals surface area (Å²) < 4.78 is 0. The summed E-state index contributed by atoms with van der Waals surface area (Å²) in [6.07, 6.45) is 1.68. The summed E-state index contributed by atoms with van der Waals surface area (Å²) in [5, 5.41) is 14.7. The molecule has 0 unspecified atom stereocenters. The highest BCUT2D eigenvalue weighted by atomic mass is 32.1. The second-order valence-electron chi connectivity index (χ2n) is 2.67. The fraction of sp³-hybridized carbons (Fsp3) is 0.143. The van der Waals surface area contributed by atoms with Gasteiger partial charge < -0.3 is 11.1 Å². The number of anilines is 1. The molecule has 0 atom stereocenters. The number of hydrogen-bond donors (Lipinski definition) is 3. The van der Waals surface area contributed by atoms with Crippen molar-refractivity contribution in [2.24, 2.45) is 0 Å². The summed E-state index contributed by atoms with van der Waals surface area (Å²) >= 11 is 1.47. The highest BCUT2D eigenvalue weighted by Crippen LogP contribution is 2.05. The Labute approximate surface area is 88.7 Å². The van der Waals surface area contributed by atoms with E-state index in [1.807, 2.05) is 5.38 Å². The quantitative estimate of drug-likeness (QED) is 0.667. The summed E-state index contributed by atoms with van der Waals surface area (Å²) in [6.45, 7) is 0.364. The maximum atomic E-state index is 11.5. The van der Waals surface area contributed by atoms with Crippen molar-refractivity contribution >= 4 is 23.1 Å². The molecule has 0 spiro atoms. The van der Waals surface area contributed by atoms with Crippen LogP contribution >= 0.6 is 11.3 Å². The van der Waals surface area contributed by atoms with Gasteiger partial charge in [-0.3, -0.25) is 4.79 Å². The molecule has 0 aromatic carbocycles. The number of carbonyl (C=O) groups is 1. The number of hydrogen-bond acceptors (Lipinski definition) is 6. The maximum absolute atomic E-state index is 11.5. The van der Waals surface area contributed by atoms with E-state index in [-0.39, 0.29) is 17.4 Å².